The third-order valence-electron chi connectivity index (χ3n) is 9.84. The molecular formula is C45H87NO8P+. The second kappa shape index (κ2) is 38.0. The summed E-state index contributed by atoms with van der Waals surface area (Å²) in [5.41, 5.74) is 0. The van der Waals surface area contributed by atoms with Gasteiger partial charge in [-0.3, -0.25) is 13.8 Å². The first-order valence-corrected chi connectivity index (χ1v) is 24.1. The van der Waals surface area contributed by atoms with Crippen LogP contribution in [-0.2, 0) is 32.7 Å². The van der Waals surface area contributed by atoms with Crippen LogP contribution in [-0.4, -0.2) is 74.9 Å². The Morgan fingerprint density at radius 2 is 1.04 bits per heavy atom. The largest absolute Gasteiger partial charge is 0.472 e. The van der Waals surface area contributed by atoms with E-state index in [9.17, 15) is 19.0 Å². The lowest BCUT2D eigenvalue weighted by molar-refractivity contribution is -0.870. The number of quaternary nitrogens is 1. The molecule has 0 aliphatic rings. The lowest BCUT2D eigenvalue weighted by atomic mass is 10.0. The minimum atomic E-state index is -4.40. The van der Waals surface area contributed by atoms with Gasteiger partial charge in [-0.1, -0.05) is 193 Å². The summed E-state index contributed by atoms with van der Waals surface area (Å²) in [4.78, 5) is 35.2. The summed E-state index contributed by atoms with van der Waals surface area (Å²) in [7, 11) is 1.43. The Balaban J connectivity index is 4.42. The van der Waals surface area contributed by atoms with Gasteiger partial charge in [-0.25, -0.2) is 9.36 Å². The van der Waals surface area contributed by atoms with Crippen molar-refractivity contribution in [2.75, 3.05) is 47.5 Å². The van der Waals surface area contributed by atoms with Crippen LogP contribution in [0.3, 0.4) is 0 Å². The molecule has 0 aromatic heterocycles. The maximum absolute atomic E-state index is 12.6. The predicted octanol–water partition coefficient (Wildman–Crippen LogP) is 12.7. The van der Waals surface area contributed by atoms with E-state index in [-0.39, 0.29) is 19.6 Å². The summed E-state index contributed by atoms with van der Waals surface area (Å²) in [6, 6.07) is 0. The van der Waals surface area contributed by atoms with Crippen LogP contribution in [0, 0.1) is 0 Å². The first-order chi connectivity index (χ1) is 26.5. The van der Waals surface area contributed by atoms with Gasteiger partial charge in [0, 0.05) is 12.5 Å². The quantitative estimate of drug-likeness (QED) is 0.0163. The van der Waals surface area contributed by atoms with Crippen molar-refractivity contribution in [2.24, 2.45) is 0 Å². The van der Waals surface area contributed by atoms with Gasteiger partial charge >= 0.3 is 19.8 Å². The zero-order valence-electron chi connectivity index (χ0n) is 36.4. The highest BCUT2D eigenvalue weighted by atomic mass is 31.2. The zero-order chi connectivity index (χ0) is 40.7. The predicted molar refractivity (Wildman–Crippen MR) is 229 cm³/mol. The molecule has 2 unspecified atom stereocenters. The molecule has 0 rings (SSSR count). The molecule has 0 aromatic rings. The van der Waals surface area contributed by atoms with Crippen molar-refractivity contribution in [2.45, 2.75) is 206 Å². The molecule has 10 heteroatoms. The van der Waals surface area contributed by atoms with Gasteiger partial charge in [0.05, 0.1) is 27.7 Å². The van der Waals surface area contributed by atoms with Crippen LogP contribution in [0.2, 0.25) is 0 Å². The average molecular weight is 801 g/mol. The van der Waals surface area contributed by atoms with Gasteiger partial charge in [-0.2, -0.15) is 0 Å². The minimum Gasteiger partial charge on any atom is -0.462 e. The number of nitrogens with zero attached hydrogens (tertiary/aromatic N) is 1. The van der Waals surface area contributed by atoms with Crippen molar-refractivity contribution in [1.29, 1.82) is 0 Å². The van der Waals surface area contributed by atoms with Gasteiger partial charge in [-0.05, 0) is 19.3 Å². The van der Waals surface area contributed by atoms with E-state index >= 15 is 0 Å². The molecule has 0 saturated heterocycles. The van der Waals surface area contributed by atoms with Gasteiger partial charge in [0.15, 0.2) is 6.10 Å². The number of hydrogen-bond donors (Lipinski definition) is 1. The fraction of sp³-hybridized carbons (Fsp3) is 0.867. The van der Waals surface area contributed by atoms with Crippen LogP contribution >= 0.6 is 7.82 Å². The van der Waals surface area contributed by atoms with E-state index in [0.717, 1.165) is 32.1 Å². The molecule has 0 aliphatic heterocycles. The minimum absolute atomic E-state index is 0.0182. The molecule has 0 aromatic carbocycles. The number of hydrogen-bond acceptors (Lipinski definition) is 7. The number of unbranched alkanes of at least 4 members (excludes halogenated alkanes) is 26. The lowest BCUT2D eigenvalue weighted by Crippen LogP contribution is -2.37. The van der Waals surface area contributed by atoms with E-state index in [0.29, 0.717) is 11.0 Å². The summed E-state index contributed by atoms with van der Waals surface area (Å²) in [5.74, 6) is -1.04. The number of phosphoric ester groups is 1. The summed E-state index contributed by atoms with van der Waals surface area (Å²) >= 11 is 0. The Morgan fingerprint density at radius 1 is 0.600 bits per heavy atom. The molecule has 0 aliphatic carbocycles. The Bertz CT molecular complexity index is 996. The molecule has 0 bridgehead atoms. The van der Waals surface area contributed by atoms with E-state index in [4.69, 9.17) is 18.5 Å². The topological polar surface area (TPSA) is 108 Å². The van der Waals surface area contributed by atoms with E-state index in [2.05, 4.69) is 13.8 Å². The average Bonchev–Trinajstić information content (AvgIpc) is 3.13. The van der Waals surface area contributed by atoms with E-state index in [1.807, 2.05) is 33.3 Å². The standard InChI is InChI=1S/C45H86NO8P/c1-6-8-10-12-14-16-18-20-22-24-26-28-30-32-34-36-38-45(48)54-43(42-53-55(49,50)52-40-39-46(3,4)5)41-51-44(47)37-35-33-31-29-27-25-23-21-19-17-15-13-11-9-7-2/h32,34,36,38,43H,6-31,33,35,37,39-42H2,1-5H3/p+1/b34-32+,38-36+. The van der Waals surface area contributed by atoms with Gasteiger partial charge in [-0.15, -0.1) is 0 Å². The fourth-order valence-corrected chi connectivity index (χ4v) is 7.02. The third kappa shape index (κ3) is 41.9. The normalized spacial score (nSPS) is 13.8. The summed E-state index contributed by atoms with van der Waals surface area (Å²) in [5, 5.41) is 0. The second-order valence-electron chi connectivity index (χ2n) is 16.5. The van der Waals surface area contributed by atoms with Crippen LogP contribution in [0.5, 0.6) is 0 Å². The second-order valence-corrected chi connectivity index (χ2v) is 18.0. The molecule has 0 radical (unpaired) electrons. The molecule has 0 heterocycles. The maximum Gasteiger partial charge on any atom is 0.472 e. The van der Waals surface area contributed by atoms with Crippen LogP contribution in [0.15, 0.2) is 24.3 Å². The zero-order valence-corrected chi connectivity index (χ0v) is 37.3. The molecule has 0 amide bonds. The van der Waals surface area contributed by atoms with Crippen molar-refractivity contribution in [1.82, 2.24) is 0 Å². The number of allylic oxidation sites excluding steroid dienone is 3. The molecule has 324 valence electrons. The molecule has 1 N–H and O–H groups in total. The van der Waals surface area contributed by atoms with Crippen molar-refractivity contribution < 1.29 is 42.1 Å². The van der Waals surface area contributed by atoms with Crippen molar-refractivity contribution in [3.63, 3.8) is 0 Å². The lowest BCUT2D eigenvalue weighted by Gasteiger charge is -2.24. The van der Waals surface area contributed by atoms with Crippen LogP contribution in [0.4, 0.5) is 0 Å². The van der Waals surface area contributed by atoms with Gasteiger partial charge in [0.2, 0.25) is 0 Å². The van der Waals surface area contributed by atoms with E-state index < -0.39 is 32.5 Å². The van der Waals surface area contributed by atoms with E-state index in [1.165, 1.54) is 154 Å². The number of rotatable bonds is 41. The van der Waals surface area contributed by atoms with Crippen LogP contribution < -0.4 is 0 Å². The Kier molecular flexibility index (Phi) is 37.0. The fourth-order valence-electron chi connectivity index (χ4n) is 6.28. The Labute approximate surface area is 339 Å². The number of esters is 2. The van der Waals surface area contributed by atoms with Crippen LogP contribution in [0.1, 0.15) is 200 Å². The molecule has 0 fully saturated rings. The Hall–Kier alpha value is -1.51. The smallest absolute Gasteiger partial charge is 0.462 e. The summed E-state index contributed by atoms with van der Waals surface area (Å²) in [6.45, 7) is 4.32. The van der Waals surface area contributed by atoms with Crippen molar-refractivity contribution >= 4 is 19.8 Å². The molecule has 9 nitrogen and oxygen atoms in total. The van der Waals surface area contributed by atoms with Gasteiger partial charge < -0.3 is 18.9 Å². The molecule has 55 heavy (non-hydrogen) atoms. The molecule has 2 atom stereocenters. The molecule has 0 spiro atoms. The van der Waals surface area contributed by atoms with E-state index in [1.54, 1.807) is 6.08 Å². The number of ether oxygens (including phenoxy) is 2. The first kappa shape index (κ1) is 53.5. The Morgan fingerprint density at radius 3 is 1.49 bits per heavy atom. The highest BCUT2D eigenvalue weighted by Gasteiger charge is 2.26. The van der Waals surface area contributed by atoms with Gasteiger partial charge in [0.25, 0.3) is 0 Å². The monoisotopic (exact) mass is 801 g/mol. The number of carbonyl (C=O) groups is 2. The SMILES string of the molecule is CCCCCCCCCCCCCC/C=C/C=C/C(=O)OC(COC(=O)CCCCCCCCCCCCCCCCC)COP(=O)(O)OCC[N+](C)(C)C. The van der Waals surface area contributed by atoms with Crippen molar-refractivity contribution in [3.05, 3.63) is 24.3 Å². The highest BCUT2D eigenvalue weighted by molar-refractivity contribution is 7.47. The third-order valence-corrected chi connectivity index (χ3v) is 10.8. The van der Waals surface area contributed by atoms with Gasteiger partial charge in [0.1, 0.15) is 19.8 Å². The first-order valence-electron chi connectivity index (χ1n) is 22.6. The summed E-state index contributed by atoms with van der Waals surface area (Å²) < 4.78 is 34.1. The molecule has 0 saturated carbocycles. The van der Waals surface area contributed by atoms with Crippen LogP contribution in [0.25, 0.3) is 0 Å². The highest BCUT2D eigenvalue weighted by Crippen LogP contribution is 2.43. The summed E-state index contributed by atoms with van der Waals surface area (Å²) in [6.07, 6.45) is 41.4. The molecular weight excluding hydrogens is 713 g/mol. The number of carbonyl (C=O) groups excluding carboxylic acids is 2. The number of phosphoric acid groups is 1. The number of likely N-dealkylation sites (N-methyl/N-ethyl adjacent to an activating group) is 1. The van der Waals surface area contributed by atoms with Crippen molar-refractivity contribution in [3.8, 4) is 0 Å². The maximum atomic E-state index is 12.6.